The predicted octanol–water partition coefficient (Wildman–Crippen LogP) is 2.45. The number of hydrogen-bond acceptors (Lipinski definition) is 3. The average molecular weight is 341 g/mol. The van der Waals surface area contributed by atoms with E-state index in [1.165, 1.54) is 11.0 Å². The van der Waals surface area contributed by atoms with E-state index >= 15 is 0 Å². The van der Waals surface area contributed by atoms with Crippen LogP contribution in [0.1, 0.15) is 30.0 Å². The Kier molecular flexibility index (Phi) is 5.07. The first-order valence-electron chi connectivity index (χ1n) is 8.24. The average Bonchev–Trinajstić information content (AvgIpc) is 2.63. The summed E-state index contributed by atoms with van der Waals surface area (Å²) < 4.78 is 14.3. The van der Waals surface area contributed by atoms with Crippen LogP contribution in [0.3, 0.4) is 0 Å². The molecule has 130 valence electrons. The van der Waals surface area contributed by atoms with Crippen molar-refractivity contribution in [2.24, 2.45) is 5.92 Å². The first-order chi connectivity index (χ1) is 12.1. The molecule has 2 aromatic rings. The highest BCUT2D eigenvalue weighted by molar-refractivity contribution is 5.84. The van der Waals surface area contributed by atoms with Crippen molar-refractivity contribution >= 4 is 11.8 Å². The van der Waals surface area contributed by atoms with Crippen LogP contribution in [-0.4, -0.2) is 28.7 Å². The van der Waals surface area contributed by atoms with Gasteiger partial charge in [-0.05, 0) is 24.1 Å². The molecule has 2 amide bonds. The number of halogens is 1. The zero-order valence-corrected chi connectivity index (χ0v) is 14.0. The number of aromatic nitrogens is 1. The molecule has 0 bridgehead atoms. The number of nitrogens with zero attached hydrogens (tertiary/aromatic N) is 2. The summed E-state index contributed by atoms with van der Waals surface area (Å²) in [5.41, 5.74) is 1.26. The van der Waals surface area contributed by atoms with Crippen LogP contribution in [-0.2, 0) is 16.1 Å². The molecular formula is C19H20FN3O2. The van der Waals surface area contributed by atoms with E-state index in [1.807, 2.05) is 6.07 Å². The van der Waals surface area contributed by atoms with Crippen molar-refractivity contribution in [3.05, 3.63) is 65.7 Å². The van der Waals surface area contributed by atoms with Crippen molar-refractivity contribution in [3.63, 3.8) is 0 Å². The number of piperidine rings is 1. The van der Waals surface area contributed by atoms with Gasteiger partial charge in [-0.25, -0.2) is 4.39 Å². The molecule has 1 N–H and O–H groups in total. The molecule has 1 aliphatic heterocycles. The van der Waals surface area contributed by atoms with E-state index in [4.69, 9.17) is 0 Å². The maximum absolute atomic E-state index is 14.3. The molecule has 5 nitrogen and oxygen atoms in total. The molecule has 0 radical (unpaired) electrons. The summed E-state index contributed by atoms with van der Waals surface area (Å²) >= 11 is 0. The third kappa shape index (κ3) is 3.68. The lowest BCUT2D eigenvalue weighted by Crippen LogP contribution is -2.46. The van der Waals surface area contributed by atoms with Gasteiger partial charge in [0.25, 0.3) is 0 Å². The first-order valence-corrected chi connectivity index (χ1v) is 8.24. The maximum Gasteiger partial charge on any atom is 0.225 e. The lowest BCUT2D eigenvalue weighted by molar-refractivity contribution is -0.141. The lowest BCUT2D eigenvalue weighted by Gasteiger charge is -2.38. The van der Waals surface area contributed by atoms with Crippen molar-refractivity contribution in [1.29, 1.82) is 0 Å². The molecular weight excluding hydrogens is 321 g/mol. The summed E-state index contributed by atoms with van der Waals surface area (Å²) in [4.78, 5) is 30.3. The first kappa shape index (κ1) is 17.1. The van der Waals surface area contributed by atoms with Crippen molar-refractivity contribution in [1.82, 2.24) is 15.2 Å². The van der Waals surface area contributed by atoms with E-state index in [1.54, 1.807) is 43.7 Å². The second-order valence-electron chi connectivity index (χ2n) is 6.20. The van der Waals surface area contributed by atoms with Gasteiger partial charge in [-0.1, -0.05) is 24.3 Å². The largest absolute Gasteiger partial charge is 0.352 e. The van der Waals surface area contributed by atoms with E-state index in [0.717, 1.165) is 5.56 Å². The van der Waals surface area contributed by atoms with E-state index in [0.29, 0.717) is 18.5 Å². The molecule has 0 saturated carbocycles. The van der Waals surface area contributed by atoms with E-state index in [9.17, 15) is 14.0 Å². The van der Waals surface area contributed by atoms with Gasteiger partial charge in [-0.15, -0.1) is 0 Å². The standard InChI is InChI=1S/C19H20FN3O2/c1-23-17(24)9-8-15(18(23)14-6-2-3-7-16(14)20)19(25)22-12-13-5-4-10-21-11-13/h2-7,10-11,15,18H,8-9,12H2,1H3,(H,22,25)/t15-,18+/m0/s1. The van der Waals surface area contributed by atoms with Crippen LogP contribution in [0.4, 0.5) is 4.39 Å². The highest BCUT2D eigenvalue weighted by atomic mass is 19.1. The molecule has 25 heavy (non-hydrogen) atoms. The Morgan fingerprint density at radius 2 is 2.12 bits per heavy atom. The fourth-order valence-corrected chi connectivity index (χ4v) is 3.28. The Balaban J connectivity index is 1.81. The highest BCUT2D eigenvalue weighted by Crippen LogP contribution is 2.36. The van der Waals surface area contributed by atoms with Gasteiger partial charge in [0.05, 0.1) is 12.0 Å². The minimum absolute atomic E-state index is 0.0791. The number of carbonyl (C=O) groups excluding carboxylic acids is 2. The Labute approximate surface area is 145 Å². The third-order valence-electron chi connectivity index (χ3n) is 4.61. The summed E-state index contributed by atoms with van der Waals surface area (Å²) in [6.07, 6.45) is 4.04. The minimum atomic E-state index is -0.601. The Morgan fingerprint density at radius 1 is 1.32 bits per heavy atom. The van der Waals surface area contributed by atoms with Crippen molar-refractivity contribution in [2.75, 3.05) is 7.05 Å². The predicted molar refractivity (Wildman–Crippen MR) is 90.7 cm³/mol. The molecule has 1 aromatic heterocycles. The number of carbonyl (C=O) groups is 2. The van der Waals surface area contributed by atoms with Gasteiger partial charge in [0.15, 0.2) is 0 Å². The maximum atomic E-state index is 14.3. The second-order valence-corrected chi connectivity index (χ2v) is 6.20. The Bertz CT molecular complexity index is 766. The van der Waals surface area contributed by atoms with Gasteiger partial charge in [-0.2, -0.15) is 0 Å². The normalized spacial score (nSPS) is 20.4. The molecule has 2 atom stereocenters. The van der Waals surface area contributed by atoms with E-state index in [2.05, 4.69) is 10.3 Å². The quantitative estimate of drug-likeness (QED) is 0.929. The number of benzene rings is 1. The van der Waals surface area contributed by atoms with Gasteiger partial charge < -0.3 is 10.2 Å². The lowest BCUT2D eigenvalue weighted by atomic mass is 9.83. The molecule has 1 saturated heterocycles. The topological polar surface area (TPSA) is 62.3 Å². The SMILES string of the molecule is CN1C(=O)CC[C@H](C(=O)NCc2cccnc2)[C@H]1c1ccccc1F. The van der Waals surface area contributed by atoms with Crippen LogP contribution in [0.5, 0.6) is 0 Å². The van der Waals surface area contributed by atoms with Crippen LogP contribution in [0, 0.1) is 11.7 Å². The number of nitrogens with one attached hydrogen (secondary N) is 1. The van der Waals surface area contributed by atoms with Crippen LogP contribution < -0.4 is 5.32 Å². The summed E-state index contributed by atoms with van der Waals surface area (Å²) in [6, 6.07) is 9.38. The van der Waals surface area contributed by atoms with Crippen LogP contribution >= 0.6 is 0 Å². The second kappa shape index (κ2) is 7.42. The number of amides is 2. The fraction of sp³-hybridized carbons (Fsp3) is 0.316. The highest BCUT2D eigenvalue weighted by Gasteiger charge is 2.39. The summed E-state index contributed by atoms with van der Waals surface area (Å²) in [5, 5.41) is 2.88. The number of likely N-dealkylation sites (tertiary alicyclic amines) is 1. The summed E-state index contributed by atoms with van der Waals surface area (Å²) in [5.74, 6) is -1.16. The van der Waals surface area contributed by atoms with Crippen LogP contribution in [0.25, 0.3) is 0 Å². The van der Waals surface area contributed by atoms with Gasteiger partial charge >= 0.3 is 0 Å². The molecule has 1 aliphatic rings. The number of pyridine rings is 1. The van der Waals surface area contributed by atoms with Gasteiger partial charge in [0.1, 0.15) is 5.82 Å². The smallest absolute Gasteiger partial charge is 0.225 e. The van der Waals surface area contributed by atoms with E-state index < -0.39 is 17.8 Å². The summed E-state index contributed by atoms with van der Waals surface area (Å²) in [6.45, 7) is 0.352. The molecule has 2 heterocycles. The summed E-state index contributed by atoms with van der Waals surface area (Å²) in [7, 11) is 1.62. The molecule has 3 rings (SSSR count). The minimum Gasteiger partial charge on any atom is -0.352 e. The fourth-order valence-electron chi connectivity index (χ4n) is 3.28. The van der Waals surface area contributed by atoms with E-state index in [-0.39, 0.29) is 18.2 Å². The number of rotatable bonds is 4. The van der Waals surface area contributed by atoms with Crippen LogP contribution in [0.15, 0.2) is 48.8 Å². The molecule has 1 aromatic carbocycles. The molecule has 6 heteroatoms. The molecule has 0 aliphatic carbocycles. The zero-order valence-electron chi connectivity index (χ0n) is 14.0. The van der Waals surface area contributed by atoms with Gasteiger partial charge in [0, 0.05) is 38.0 Å². The Hall–Kier alpha value is -2.76. The van der Waals surface area contributed by atoms with Gasteiger partial charge in [0.2, 0.25) is 11.8 Å². The van der Waals surface area contributed by atoms with Crippen molar-refractivity contribution < 1.29 is 14.0 Å². The molecule has 1 fully saturated rings. The monoisotopic (exact) mass is 341 g/mol. The molecule has 0 spiro atoms. The Morgan fingerprint density at radius 3 is 2.84 bits per heavy atom. The van der Waals surface area contributed by atoms with Crippen molar-refractivity contribution in [2.45, 2.75) is 25.4 Å². The van der Waals surface area contributed by atoms with Gasteiger partial charge in [-0.3, -0.25) is 14.6 Å². The van der Waals surface area contributed by atoms with Crippen LogP contribution in [0.2, 0.25) is 0 Å². The number of hydrogen-bond donors (Lipinski definition) is 1. The van der Waals surface area contributed by atoms with Crippen molar-refractivity contribution in [3.8, 4) is 0 Å². The third-order valence-corrected chi connectivity index (χ3v) is 4.61. The molecule has 0 unspecified atom stereocenters. The zero-order chi connectivity index (χ0) is 17.8.